The van der Waals surface area contributed by atoms with Crippen molar-refractivity contribution in [3.05, 3.63) is 102 Å². The molecule has 0 fully saturated rings. The van der Waals surface area contributed by atoms with E-state index >= 15 is 0 Å². The average Bonchev–Trinajstić information content (AvgIpc) is 3.21. The van der Waals surface area contributed by atoms with Crippen molar-refractivity contribution in [3.63, 3.8) is 0 Å². The Labute approximate surface area is 170 Å². The van der Waals surface area contributed by atoms with E-state index in [1.165, 1.54) is 11.1 Å². The number of pyridine rings is 1. The Balaban J connectivity index is 1.44. The van der Waals surface area contributed by atoms with E-state index in [2.05, 4.69) is 74.4 Å². The highest BCUT2D eigenvalue weighted by atomic mass is 15.3. The molecule has 0 radical (unpaired) electrons. The molecular weight excluding hydrogens is 360 g/mol. The van der Waals surface area contributed by atoms with Crippen molar-refractivity contribution in [1.29, 1.82) is 0 Å². The minimum absolute atomic E-state index is 0.227. The van der Waals surface area contributed by atoms with Crippen LogP contribution in [0.15, 0.2) is 90.1 Å². The third-order valence-electron chi connectivity index (χ3n) is 4.90. The summed E-state index contributed by atoms with van der Waals surface area (Å²) in [5.41, 5.74) is 3.37. The maximum Gasteiger partial charge on any atom is 0.191 e. The van der Waals surface area contributed by atoms with Crippen LogP contribution in [0.2, 0.25) is 0 Å². The highest BCUT2D eigenvalue weighted by Gasteiger charge is 2.14. The molecule has 2 N–H and O–H groups in total. The van der Waals surface area contributed by atoms with Crippen LogP contribution >= 0.6 is 0 Å². The summed E-state index contributed by atoms with van der Waals surface area (Å²) in [6.45, 7) is 1.26. The molecule has 0 aliphatic heterocycles. The summed E-state index contributed by atoms with van der Waals surface area (Å²) >= 11 is 0. The lowest BCUT2D eigenvalue weighted by molar-refractivity contribution is 0.716. The van der Waals surface area contributed by atoms with Gasteiger partial charge in [0.05, 0.1) is 6.54 Å². The predicted molar refractivity (Wildman–Crippen MR) is 116 cm³/mol. The van der Waals surface area contributed by atoms with Gasteiger partial charge in [0.1, 0.15) is 0 Å². The number of benzene rings is 2. The maximum atomic E-state index is 4.36. The molecule has 0 saturated carbocycles. The van der Waals surface area contributed by atoms with Gasteiger partial charge < -0.3 is 10.6 Å². The van der Waals surface area contributed by atoms with Crippen LogP contribution in [0.1, 0.15) is 22.9 Å². The standard InChI is InChI=1S/C23H24N6/c1-24-23(26-17-22-28-27-21-14-8-9-15-29(21)22)25-16-20(18-10-4-2-5-11-18)19-12-6-3-7-13-19/h2-15,20H,16-17H2,1H3,(H2,24,25,26). The molecule has 0 aliphatic rings. The first-order valence-electron chi connectivity index (χ1n) is 9.68. The van der Waals surface area contributed by atoms with Crippen molar-refractivity contribution in [1.82, 2.24) is 25.2 Å². The zero-order valence-corrected chi connectivity index (χ0v) is 16.4. The number of aliphatic imine (C=N–C) groups is 1. The number of aromatic nitrogens is 3. The van der Waals surface area contributed by atoms with Crippen molar-refractivity contribution in [2.24, 2.45) is 4.99 Å². The lowest BCUT2D eigenvalue weighted by atomic mass is 9.91. The molecule has 0 atom stereocenters. The zero-order valence-electron chi connectivity index (χ0n) is 16.4. The van der Waals surface area contributed by atoms with Gasteiger partial charge in [0.25, 0.3) is 0 Å². The van der Waals surface area contributed by atoms with Gasteiger partial charge in [-0.1, -0.05) is 66.7 Å². The second kappa shape index (κ2) is 9.01. The van der Waals surface area contributed by atoms with E-state index < -0.39 is 0 Å². The summed E-state index contributed by atoms with van der Waals surface area (Å²) in [6.07, 6.45) is 1.96. The first kappa shape index (κ1) is 18.7. The molecule has 0 saturated heterocycles. The Morgan fingerprint density at radius 2 is 1.52 bits per heavy atom. The Morgan fingerprint density at radius 3 is 2.17 bits per heavy atom. The molecule has 6 nitrogen and oxygen atoms in total. The molecule has 0 amide bonds. The van der Waals surface area contributed by atoms with Gasteiger partial charge in [0, 0.05) is 25.7 Å². The first-order valence-corrected chi connectivity index (χ1v) is 9.68. The van der Waals surface area contributed by atoms with Crippen molar-refractivity contribution < 1.29 is 0 Å². The van der Waals surface area contributed by atoms with Crippen molar-refractivity contribution >= 4 is 11.6 Å². The van der Waals surface area contributed by atoms with Crippen molar-refractivity contribution in [3.8, 4) is 0 Å². The van der Waals surface area contributed by atoms with Crippen LogP contribution in [0.5, 0.6) is 0 Å². The minimum Gasteiger partial charge on any atom is -0.355 e. The van der Waals surface area contributed by atoms with Crippen LogP contribution in [0.4, 0.5) is 0 Å². The van der Waals surface area contributed by atoms with Crippen LogP contribution in [-0.4, -0.2) is 34.2 Å². The zero-order chi connectivity index (χ0) is 19.9. The highest BCUT2D eigenvalue weighted by molar-refractivity contribution is 5.79. The molecule has 29 heavy (non-hydrogen) atoms. The highest BCUT2D eigenvalue weighted by Crippen LogP contribution is 2.23. The molecule has 146 valence electrons. The van der Waals surface area contributed by atoms with Crippen LogP contribution < -0.4 is 10.6 Å². The molecular formula is C23H24N6. The minimum atomic E-state index is 0.227. The Bertz CT molecular complexity index is 1030. The summed E-state index contributed by atoms with van der Waals surface area (Å²) in [5, 5.41) is 15.2. The van der Waals surface area contributed by atoms with Gasteiger partial charge >= 0.3 is 0 Å². The molecule has 0 aliphatic carbocycles. The largest absolute Gasteiger partial charge is 0.355 e. The lowest BCUT2D eigenvalue weighted by Crippen LogP contribution is -2.39. The predicted octanol–water partition coefficient (Wildman–Crippen LogP) is 3.23. The van der Waals surface area contributed by atoms with E-state index in [0.717, 1.165) is 24.0 Å². The molecule has 0 bridgehead atoms. The van der Waals surface area contributed by atoms with E-state index in [-0.39, 0.29) is 5.92 Å². The number of nitrogens with one attached hydrogen (secondary N) is 2. The van der Waals surface area contributed by atoms with Gasteiger partial charge in [-0.25, -0.2) is 0 Å². The number of hydrogen-bond donors (Lipinski definition) is 2. The summed E-state index contributed by atoms with van der Waals surface area (Å²) in [4.78, 5) is 4.36. The molecule has 2 aromatic carbocycles. The maximum absolute atomic E-state index is 4.36. The molecule has 4 aromatic rings. The second-order valence-corrected chi connectivity index (χ2v) is 6.73. The Hall–Kier alpha value is -3.67. The number of nitrogens with zero attached hydrogens (tertiary/aromatic N) is 4. The third-order valence-corrected chi connectivity index (χ3v) is 4.90. The summed E-state index contributed by atoms with van der Waals surface area (Å²) in [7, 11) is 1.78. The van der Waals surface area contributed by atoms with E-state index in [1.807, 2.05) is 40.9 Å². The fourth-order valence-corrected chi connectivity index (χ4v) is 3.39. The monoisotopic (exact) mass is 384 g/mol. The van der Waals surface area contributed by atoms with Crippen LogP contribution in [0, 0.1) is 0 Å². The number of guanidine groups is 1. The fraction of sp³-hybridized carbons (Fsp3) is 0.174. The van der Waals surface area contributed by atoms with E-state index in [9.17, 15) is 0 Å². The van der Waals surface area contributed by atoms with Gasteiger partial charge in [-0.05, 0) is 23.3 Å². The molecule has 0 spiro atoms. The lowest BCUT2D eigenvalue weighted by Gasteiger charge is -2.20. The topological polar surface area (TPSA) is 66.6 Å². The van der Waals surface area contributed by atoms with E-state index in [0.29, 0.717) is 6.54 Å². The van der Waals surface area contributed by atoms with Gasteiger partial charge in [-0.3, -0.25) is 9.39 Å². The molecule has 2 aromatic heterocycles. The quantitative estimate of drug-likeness (QED) is 0.396. The van der Waals surface area contributed by atoms with Crippen molar-refractivity contribution in [2.45, 2.75) is 12.5 Å². The average molecular weight is 384 g/mol. The van der Waals surface area contributed by atoms with E-state index in [1.54, 1.807) is 7.05 Å². The molecule has 4 rings (SSSR count). The number of hydrogen-bond acceptors (Lipinski definition) is 3. The van der Waals surface area contributed by atoms with Crippen LogP contribution in [-0.2, 0) is 6.54 Å². The van der Waals surface area contributed by atoms with Crippen LogP contribution in [0.25, 0.3) is 5.65 Å². The second-order valence-electron chi connectivity index (χ2n) is 6.73. The summed E-state index contributed by atoms with van der Waals surface area (Å²) in [6, 6.07) is 26.9. The van der Waals surface area contributed by atoms with Gasteiger partial charge in [-0.2, -0.15) is 0 Å². The SMILES string of the molecule is CN=C(NCc1nnc2ccccn12)NCC(c1ccccc1)c1ccccc1. The molecule has 2 heterocycles. The fourth-order valence-electron chi connectivity index (χ4n) is 3.39. The summed E-state index contributed by atoms with van der Waals surface area (Å²) < 4.78 is 1.97. The van der Waals surface area contributed by atoms with Crippen molar-refractivity contribution in [2.75, 3.05) is 13.6 Å². The number of fused-ring (bicyclic) bond motifs is 1. The van der Waals surface area contributed by atoms with Gasteiger partial charge in [0.15, 0.2) is 17.4 Å². The molecule has 6 heteroatoms. The smallest absolute Gasteiger partial charge is 0.191 e. The Morgan fingerprint density at radius 1 is 0.862 bits per heavy atom. The molecule has 0 unspecified atom stereocenters. The Kier molecular flexibility index (Phi) is 5.81. The van der Waals surface area contributed by atoms with Gasteiger partial charge in [-0.15, -0.1) is 10.2 Å². The normalized spacial score (nSPS) is 11.7. The number of rotatable bonds is 6. The first-order chi connectivity index (χ1) is 14.3. The van der Waals surface area contributed by atoms with Gasteiger partial charge in [0.2, 0.25) is 0 Å². The summed E-state index contributed by atoms with van der Waals surface area (Å²) in [5.74, 6) is 1.80. The van der Waals surface area contributed by atoms with Crippen LogP contribution in [0.3, 0.4) is 0 Å². The third kappa shape index (κ3) is 4.43. The van der Waals surface area contributed by atoms with E-state index in [4.69, 9.17) is 0 Å².